The van der Waals surface area contributed by atoms with Crippen LogP contribution >= 0.6 is 0 Å². The standard InChI is InChI=1S/C14H23NO/c1-5-13(9-16)15-12(4)14-8-10(2)6-7-11(14)3/h6-8,12-13,15-16H,5,9H2,1-4H3. The number of hydrogen-bond acceptors (Lipinski definition) is 2. The van der Waals surface area contributed by atoms with E-state index in [0.29, 0.717) is 0 Å². The van der Waals surface area contributed by atoms with E-state index in [4.69, 9.17) is 0 Å². The van der Waals surface area contributed by atoms with Crippen molar-refractivity contribution in [2.24, 2.45) is 0 Å². The summed E-state index contributed by atoms with van der Waals surface area (Å²) in [7, 11) is 0. The van der Waals surface area contributed by atoms with Crippen LogP contribution in [0.1, 0.15) is 43.0 Å². The molecule has 0 bridgehead atoms. The zero-order chi connectivity index (χ0) is 12.1. The molecule has 2 unspecified atom stereocenters. The molecule has 0 spiro atoms. The van der Waals surface area contributed by atoms with E-state index in [2.05, 4.69) is 51.2 Å². The number of rotatable bonds is 5. The van der Waals surface area contributed by atoms with Gasteiger partial charge in [-0.15, -0.1) is 0 Å². The maximum atomic E-state index is 9.18. The van der Waals surface area contributed by atoms with Gasteiger partial charge < -0.3 is 10.4 Å². The molecule has 16 heavy (non-hydrogen) atoms. The highest BCUT2D eigenvalue weighted by Crippen LogP contribution is 2.19. The van der Waals surface area contributed by atoms with Gasteiger partial charge in [0.15, 0.2) is 0 Å². The van der Waals surface area contributed by atoms with Crippen molar-refractivity contribution in [3.8, 4) is 0 Å². The van der Waals surface area contributed by atoms with E-state index in [1.165, 1.54) is 16.7 Å². The topological polar surface area (TPSA) is 32.3 Å². The molecule has 90 valence electrons. The van der Waals surface area contributed by atoms with Crippen molar-refractivity contribution in [3.63, 3.8) is 0 Å². The van der Waals surface area contributed by atoms with Crippen molar-refractivity contribution in [1.82, 2.24) is 5.32 Å². The number of hydrogen-bond donors (Lipinski definition) is 2. The van der Waals surface area contributed by atoms with Gasteiger partial charge in [-0.1, -0.05) is 30.7 Å². The van der Waals surface area contributed by atoms with Crippen molar-refractivity contribution >= 4 is 0 Å². The van der Waals surface area contributed by atoms with Crippen LogP contribution in [-0.2, 0) is 0 Å². The summed E-state index contributed by atoms with van der Waals surface area (Å²) in [6.45, 7) is 8.68. The molecular formula is C14H23NO. The second-order valence-corrected chi connectivity index (χ2v) is 4.54. The molecule has 2 nitrogen and oxygen atoms in total. The largest absolute Gasteiger partial charge is 0.395 e. The molecule has 1 aromatic rings. The number of aliphatic hydroxyl groups is 1. The molecule has 2 atom stereocenters. The first-order valence-corrected chi connectivity index (χ1v) is 6.02. The summed E-state index contributed by atoms with van der Waals surface area (Å²) in [4.78, 5) is 0. The molecule has 0 aromatic heterocycles. The lowest BCUT2D eigenvalue weighted by Gasteiger charge is -2.22. The third kappa shape index (κ3) is 3.32. The number of nitrogens with one attached hydrogen (secondary N) is 1. The van der Waals surface area contributed by atoms with Gasteiger partial charge in [0.25, 0.3) is 0 Å². The van der Waals surface area contributed by atoms with Crippen molar-refractivity contribution in [2.75, 3.05) is 6.61 Å². The minimum atomic E-state index is 0.190. The van der Waals surface area contributed by atoms with Crippen LogP contribution in [0.25, 0.3) is 0 Å². The van der Waals surface area contributed by atoms with Gasteiger partial charge in [-0.3, -0.25) is 0 Å². The van der Waals surface area contributed by atoms with E-state index < -0.39 is 0 Å². The lowest BCUT2D eigenvalue weighted by molar-refractivity contribution is 0.230. The molecule has 0 saturated heterocycles. The van der Waals surface area contributed by atoms with Crippen molar-refractivity contribution in [2.45, 2.75) is 46.2 Å². The fourth-order valence-electron chi connectivity index (χ4n) is 1.97. The maximum Gasteiger partial charge on any atom is 0.0584 e. The Labute approximate surface area is 98.7 Å². The monoisotopic (exact) mass is 221 g/mol. The zero-order valence-corrected chi connectivity index (χ0v) is 10.7. The molecule has 0 radical (unpaired) electrons. The van der Waals surface area contributed by atoms with Gasteiger partial charge in [0.2, 0.25) is 0 Å². The van der Waals surface area contributed by atoms with Gasteiger partial charge in [0, 0.05) is 12.1 Å². The molecule has 0 aliphatic heterocycles. The normalized spacial score (nSPS) is 14.8. The second-order valence-electron chi connectivity index (χ2n) is 4.54. The van der Waals surface area contributed by atoms with Crippen LogP contribution in [0.5, 0.6) is 0 Å². The first-order valence-electron chi connectivity index (χ1n) is 6.02. The van der Waals surface area contributed by atoms with Gasteiger partial charge in [-0.25, -0.2) is 0 Å². The van der Waals surface area contributed by atoms with Crippen LogP contribution in [-0.4, -0.2) is 17.8 Å². The average Bonchev–Trinajstić information content (AvgIpc) is 2.28. The Morgan fingerprint density at radius 3 is 2.56 bits per heavy atom. The molecule has 0 aliphatic rings. The number of aryl methyl sites for hydroxylation is 2. The molecule has 0 amide bonds. The van der Waals surface area contributed by atoms with Crippen molar-refractivity contribution in [3.05, 3.63) is 34.9 Å². The second kappa shape index (κ2) is 6.02. The third-order valence-corrected chi connectivity index (χ3v) is 3.10. The molecule has 1 aromatic carbocycles. The summed E-state index contributed by atoms with van der Waals surface area (Å²) in [5, 5.41) is 12.6. The van der Waals surface area contributed by atoms with Gasteiger partial charge in [0.05, 0.1) is 6.61 Å². The molecule has 0 aliphatic carbocycles. The van der Waals surface area contributed by atoms with E-state index in [1.807, 2.05) is 0 Å². The number of aliphatic hydroxyl groups excluding tert-OH is 1. The Balaban J connectivity index is 2.79. The summed E-state index contributed by atoms with van der Waals surface area (Å²) >= 11 is 0. The third-order valence-electron chi connectivity index (χ3n) is 3.10. The summed E-state index contributed by atoms with van der Waals surface area (Å²) in [5.41, 5.74) is 3.91. The quantitative estimate of drug-likeness (QED) is 0.801. The predicted octanol–water partition coefficient (Wildman–Crippen LogP) is 2.72. The van der Waals surface area contributed by atoms with Crippen LogP contribution in [0.15, 0.2) is 18.2 Å². The highest BCUT2D eigenvalue weighted by molar-refractivity contribution is 5.32. The van der Waals surface area contributed by atoms with Crippen LogP contribution in [0.4, 0.5) is 0 Å². The Kier molecular flexibility index (Phi) is 4.97. The number of benzene rings is 1. The molecule has 0 saturated carbocycles. The average molecular weight is 221 g/mol. The van der Waals surface area contributed by atoms with Crippen LogP contribution in [0, 0.1) is 13.8 Å². The summed E-state index contributed by atoms with van der Waals surface area (Å²) in [6.07, 6.45) is 0.950. The predicted molar refractivity (Wildman–Crippen MR) is 68.6 cm³/mol. The van der Waals surface area contributed by atoms with Gasteiger partial charge in [-0.2, -0.15) is 0 Å². The Bertz CT molecular complexity index is 332. The Morgan fingerprint density at radius 1 is 1.31 bits per heavy atom. The first kappa shape index (κ1) is 13.2. The Morgan fingerprint density at radius 2 is 2.00 bits per heavy atom. The summed E-state index contributed by atoms with van der Waals surface area (Å²) < 4.78 is 0. The smallest absolute Gasteiger partial charge is 0.0584 e. The van der Waals surface area contributed by atoms with E-state index in [1.54, 1.807) is 0 Å². The molecular weight excluding hydrogens is 198 g/mol. The highest BCUT2D eigenvalue weighted by atomic mass is 16.3. The van der Waals surface area contributed by atoms with Crippen LogP contribution < -0.4 is 5.32 Å². The summed E-state index contributed by atoms with van der Waals surface area (Å²) in [5.74, 6) is 0. The van der Waals surface area contributed by atoms with Crippen molar-refractivity contribution < 1.29 is 5.11 Å². The van der Waals surface area contributed by atoms with Gasteiger partial charge in [-0.05, 0) is 38.3 Å². The molecule has 2 heteroatoms. The van der Waals surface area contributed by atoms with E-state index in [0.717, 1.165) is 6.42 Å². The highest BCUT2D eigenvalue weighted by Gasteiger charge is 2.12. The molecule has 2 N–H and O–H groups in total. The van der Waals surface area contributed by atoms with E-state index >= 15 is 0 Å². The minimum absolute atomic E-state index is 0.190. The van der Waals surface area contributed by atoms with Gasteiger partial charge in [0.1, 0.15) is 0 Å². The fraction of sp³-hybridized carbons (Fsp3) is 0.571. The minimum Gasteiger partial charge on any atom is -0.395 e. The Hall–Kier alpha value is -0.860. The fourth-order valence-corrected chi connectivity index (χ4v) is 1.97. The van der Waals surface area contributed by atoms with Crippen LogP contribution in [0.3, 0.4) is 0 Å². The zero-order valence-electron chi connectivity index (χ0n) is 10.7. The maximum absolute atomic E-state index is 9.18. The van der Waals surface area contributed by atoms with E-state index in [9.17, 15) is 5.11 Å². The van der Waals surface area contributed by atoms with Crippen LogP contribution in [0.2, 0.25) is 0 Å². The molecule has 0 fully saturated rings. The summed E-state index contributed by atoms with van der Waals surface area (Å²) in [6, 6.07) is 6.99. The molecule has 1 rings (SSSR count). The van der Waals surface area contributed by atoms with Gasteiger partial charge >= 0.3 is 0 Å². The molecule has 0 heterocycles. The van der Waals surface area contributed by atoms with Crippen molar-refractivity contribution in [1.29, 1.82) is 0 Å². The lowest BCUT2D eigenvalue weighted by Crippen LogP contribution is -2.34. The first-order chi connectivity index (χ1) is 7.58. The van der Waals surface area contributed by atoms with E-state index in [-0.39, 0.29) is 18.7 Å². The SMILES string of the molecule is CCC(CO)NC(C)c1cc(C)ccc1C. The lowest BCUT2D eigenvalue weighted by atomic mass is 9.99.